The van der Waals surface area contributed by atoms with E-state index in [9.17, 15) is 15.0 Å². The fourth-order valence-electron chi connectivity index (χ4n) is 5.72. The molecule has 0 radical (unpaired) electrons. The first-order valence-corrected chi connectivity index (χ1v) is 13.1. The lowest BCUT2D eigenvalue weighted by Gasteiger charge is -2.19. The highest BCUT2D eigenvalue weighted by molar-refractivity contribution is 5.75. The van der Waals surface area contributed by atoms with Gasteiger partial charge in [-0.05, 0) is 62.0 Å². The number of allylic oxidation sites excluding steroid dienone is 2. The molecule has 186 valence electrons. The monoisotopic (exact) mass is 473 g/mol. The molecule has 4 heteroatoms. The summed E-state index contributed by atoms with van der Waals surface area (Å²) in [4.78, 5) is 12.1. The molecule has 2 aromatic rings. The summed E-state index contributed by atoms with van der Waals surface area (Å²) >= 11 is 0. The summed E-state index contributed by atoms with van der Waals surface area (Å²) in [6.07, 6.45) is 11.4. The molecule has 35 heavy (non-hydrogen) atoms. The van der Waals surface area contributed by atoms with Gasteiger partial charge in [-0.15, -0.1) is 0 Å². The molecule has 2 aliphatic rings. The minimum absolute atomic E-state index is 0.102. The third-order valence-electron chi connectivity index (χ3n) is 7.52. The standard InChI is InChI=1S/C31H39NO3/c1-22-8-7-12-24(16-22)18-27(33)14-15-28-29-19-25(17-26(29)20-30(28)34)11-5-6-13-31(35)32-21-23-9-3-2-4-10-23/h2-4,7-10,12,14-17,26-30,33-34H,5-6,11,13,18-21H2,1H3,(H,32,35)/t26-,27+,28+,29-,30+/m0/s1. The van der Waals surface area contributed by atoms with Crippen LogP contribution in [0, 0.1) is 24.7 Å². The smallest absolute Gasteiger partial charge is 0.220 e. The SMILES string of the molecule is Cc1cccc(C[C@H](O)C=C[C@@H]2[C@H]3CC(CCCCC(=O)NCc4ccccc4)=C[C@H]3C[C@H]2O)c1. The maximum Gasteiger partial charge on any atom is 0.220 e. The van der Waals surface area contributed by atoms with Gasteiger partial charge < -0.3 is 15.5 Å². The first-order valence-electron chi connectivity index (χ1n) is 13.1. The zero-order valence-corrected chi connectivity index (χ0v) is 20.8. The number of amides is 1. The lowest BCUT2D eigenvalue weighted by molar-refractivity contribution is -0.121. The average molecular weight is 474 g/mol. The van der Waals surface area contributed by atoms with Crippen molar-refractivity contribution in [3.05, 3.63) is 95.1 Å². The Morgan fingerprint density at radius 2 is 1.91 bits per heavy atom. The van der Waals surface area contributed by atoms with Gasteiger partial charge in [-0.25, -0.2) is 0 Å². The highest BCUT2D eigenvalue weighted by Crippen LogP contribution is 2.48. The van der Waals surface area contributed by atoms with Crippen LogP contribution in [0.5, 0.6) is 0 Å². The van der Waals surface area contributed by atoms with Crippen molar-refractivity contribution in [3.63, 3.8) is 0 Å². The summed E-state index contributed by atoms with van der Waals surface area (Å²) in [5.41, 5.74) is 4.92. The predicted molar refractivity (Wildman–Crippen MR) is 141 cm³/mol. The molecule has 3 N–H and O–H groups in total. The highest BCUT2D eigenvalue weighted by atomic mass is 16.3. The fourth-order valence-corrected chi connectivity index (χ4v) is 5.72. The van der Waals surface area contributed by atoms with Crippen LogP contribution in [0.25, 0.3) is 0 Å². The molecule has 2 aromatic carbocycles. The fraction of sp³-hybridized carbons (Fsp3) is 0.452. The molecule has 1 fully saturated rings. The van der Waals surface area contributed by atoms with Gasteiger partial charge in [-0.2, -0.15) is 0 Å². The Labute approximate surface area is 209 Å². The minimum atomic E-state index is -0.537. The molecule has 1 amide bonds. The van der Waals surface area contributed by atoms with Crippen LogP contribution in [0.4, 0.5) is 0 Å². The first-order chi connectivity index (χ1) is 17.0. The van der Waals surface area contributed by atoms with Gasteiger partial charge >= 0.3 is 0 Å². The van der Waals surface area contributed by atoms with E-state index in [-0.39, 0.29) is 17.9 Å². The van der Waals surface area contributed by atoms with Gasteiger partial charge in [0, 0.05) is 25.3 Å². The number of aliphatic hydroxyl groups excluding tert-OH is 2. The van der Waals surface area contributed by atoms with E-state index in [0.29, 0.717) is 31.2 Å². The Morgan fingerprint density at radius 1 is 1.11 bits per heavy atom. The summed E-state index contributed by atoms with van der Waals surface area (Å²) < 4.78 is 0. The van der Waals surface area contributed by atoms with E-state index in [4.69, 9.17) is 0 Å². The predicted octanol–water partition coefficient (Wildman–Crippen LogP) is 5.27. The summed E-state index contributed by atoms with van der Waals surface area (Å²) in [7, 11) is 0. The van der Waals surface area contributed by atoms with Crippen molar-refractivity contribution in [2.75, 3.05) is 0 Å². The second-order valence-electron chi connectivity index (χ2n) is 10.4. The Hall–Kier alpha value is -2.69. The van der Waals surface area contributed by atoms with Gasteiger partial charge in [-0.3, -0.25) is 4.79 Å². The number of aliphatic hydroxyl groups is 2. The third kappa shape index (κ3) is 7.39. The van der Waals surface area contributed by atoms with Gasteiger partial charge in [0.2, 0.25) is 5.91 Å². The van der Waals surface area contributed by atoms with Crippen LogP contribution in [0.3, 0.4) is 0 Å². The normalized spacial score (nSPS) is 24.4. The maximum atomic E-state index is 12.1. The van der Waals surface area contributed by atoms with Crippen molar-refractivity contribution in [1.82, 2.24) is 5.32 Å². The molecule has 1 saturated carbocycles. The molecular weight excluding hydrogens is 434 g/mol. The quantitative estimate of drug-likeness (QED) is 0.307. The Kier molecular flexibility index (Phi) is 8.95. The number of nitrogens with one attached hydrogen (secondary N) is 1. The first kappa shape index (κ1) is 25.4. The number of benzene rings is 2. The molecule has 5 atom stereocenters. The van der Waals surface area contributed by atoms with E-state index >= 15 is 0 Å². The zero-order valence-electron chi connectivity index (χ0n) is 20.8. The summed E-state index contributed by atoms with van der Waals surface area (Å²) in [5.74, 6) is 1.07. The topological polar surface area (TPSA) is 69.6 Å². The van der Waals surface area contributed by atoms with Crippen LogP contribution < -0.4 is 5.32 Å². The van der Waals surface area contributed by atoms with Crippen LogP contribution in [0.2, 0.25) is 0 Å². The Balaban J connectivity index is 1.17. The van der Waals surface area contributed by atoms with Gasteiger partial charge in [0.05, 0.1) is 12.2 Å². The van der Waals surface area contributed by atoms with Gasteiger partial charge in [-0.1, -0.05) is 84.0 Å². The molecular formula is C31H39NO3. The van der Waals surface area contributed by atoms with Crippen molar-refractivity contribution in [3.8, 4) is 0 Å². The number of carbonyl (C=O) groups excluding carboxylic acids is 1. The molecule has 0 aromatic heterocycles. The van der Waals surface area contributed by atoms with Crippen LogP contribution >= 0.6 is 0 Å². The van der Waals surface area contributed by atoms with Crippen molar-refractivity contribution >= 4 is 5.91 Å². The number of rotatable bonds is 11. The third-order valence-corrected chi connectivity index (χ3v) is 7.52. The second-order valence-corrected chi connectivity index (χ2v) is 10.4. The molecule has 0 saturated heterocycles. The van der Waals surface area contributed by atoms with Crippen molar-refractivity contribution < 1.29 is 15.0 Å². The summed E-state index contributed by atoms with van der Waals surface area (Å²) in [6.45, 7) is 2.65. The molecule has 0 aliphatic heterocycles. The largest absolute Gasteiger partial charge is 0.392 e. The van der Waals surface area contributed by atoms with E-state index in [1.807, 2.05) is 48.5 Å². The van der Waals surface area contributed by atoms with Crippen molar-refractivity contribution in [2.24, 2.45) is 17.8 Å². The molecule has 2 aliphatic carbocycles. The molecule has 0 spiro atoms. The number of fused-ring (bicyclic) bond motifs is 1. The van der Waals surface area contributed by atoms with Crippen LogP contribution in [-0.4, -0.2) is 28.3 Å². The molecule has 4 rings (SSSR count). The van der Waals surface area contributed by atoms with Crippen molar-refractivity contribution in [1.29, 1.82) is 0 Å². The maximum absolute atomic E-state index is 12.1. The minimum Gasteiger partial charge on any atom is -0.392 e. The number of hydrogen-bond acceptors (Lipinski definition) is 3. The summed E-state index contributed by atoms with van der Waals surface area (Å²) in [5, 5.41) is 24.1. The summed E-state index contributed by atoms with van der Waals surface area (Å²) in [6, 6.07) is 18.2. The van der Waals surface area contributed by atoms with E-state index in [1.165, 1.54) is 11.1 Å². The van der Waals surface area contributed by atoms with E-state index in [2.05, 4.69) is 36.5 Å². The van der Waals surface area contributed by atoms with Crippen LogP contribution in [-0.2, 0) is 17.8 Å². The van der Waals surface area contributed by atoms with E-state index in [0.717, 1.165) is 43.2 Å². The number of carbonyl (C=O) groups is 1. The van der Waals surface area contributed by atoms with E-state index in [1.54, 1.807) is 0 Å². The molecule has 0 heterocycles. The van der Waals surface area contributed by atoms with Crippen molar-refractivity contribution in [2.45, 2.75) is 70.6 Å². The number of unbranched alkanes of at least 4 members (excludes halogenated alkanes) is 1. The molecule has 4 nitrogen and oxygen atoms in total. The van der Waals surface area contributed by atoms with Crippen LogP contribution in [0.15, 0.2) is 78.4 Å². The number of aryl methyl sites for hydroxylation is 1. The van der Waals surface area contributed by atoms with Crippen LogP contribution in [0.1, 0.15) is 55.2 Å². The lowest BCUT2D eigenvalue weighted by Crippen LogP contribution is -2.22. The molecule has 0 unspecified atom stereocenters. The zero-order chi connectivity index (χ0) is 24.6. The Bertz CT molecular complexity index is 1030. The van der Waals surface area contributed by atoms with Gasteiger partial charge in [0.1, 0.15) is 0 Å². The lowest BCUT2D eigenvalue weighted by atomic mass is 9.88. The van der Waals surface area contributed by atoms with E-state index < -0.39 is 6.10 Å². The van der Waals surface area contributed by atoms with Gasteiger partial charge in [0.25, 0.3) is 0 Å². The molecule has 0 bridgehead atoms. The van der Waals surface area contributed by atoms with Gasteiger partial charge in [0.15, 0.2) is 0 Å². The number of hydrogen-bond donors (Lipinski definition) is 3. The Morgan fingerprint density at radius 3 is 2.71 bits per heavy atom. The highest BCUT2D eigenvalue weighted by Gasteiger charge is 2.43. The second kappa shape index (κ2) is 12.3. The average Bonchev–Trinajstić information content (AvgIpc) is 3.36.